The molecule has 1 heterocycles. The average Bonchev–Trinajstić information content (AvgIpc) is 2.44. The van der Waals surface area contributed by atoms with Crippen LogP contribution in [0, 0.1) is 5.92 Å². The van der Waals surface area contributed by atoms with E-state index >= 15 is 0 Å². The lowest BCUT2D eigenvalue weighted by Gasteiger charge is -2.37. The smallest absolute Gasteiger partial charge is 0.143 e. The second-order valence-electron chi connectivity index (χ2n) is 5.42. The Hall–Kier alpha value is -1.26. The summed E-state index contributed by atoms with van der Waals surface area (Å²) in [6.07, 6.45) is -0.385. The minimum Gasteiger partial charge on any atom is -0.486 e. The fourth-order valence-corrected chi connectivity index (χ4v) is 2.39. The predicted octanol–water partition coefficient (Wildman–Crippen LogP) is 1.92. The van der Waals surface area contributed by atoms with Crippen molar-refractivity contribution in [3.63, 3.8) is 0 Å². The SMILES string of the molecule is CCN1CC(C(C)C)Oc2ccc(C(O)CN)cc21. The van der Waals surface area contributed by atoms with Gasteiger partial charge in [-0.1, -0.05) is 19.9 Å². The van der Waals surface area contributed by atoms with Crippen LogP contribution in [0.1, 0.15) is 32.4 Å². The maximum absolute atomic E-state index is 9.85. The lowest BCUT2D eigenvalue weighted by atomic mass is 10.0. The molecule has 0 fully saturated rings. The standard InChI is InChI=1S/C15H24N2O2/c1-4-17-9-15(10(2)3)19-14-6-5-11(7-12(14)17)13(18)8-16/h5-7,10,13,15,18H,4,8-9,16H2,1-3H3. The molecular formula is C15H24N2O2. The lowest BCUT2D eigenvalue weighted by molar-refractivity contribution is 0.145. The number of hydrogen-bond donors (Lipinski definition) is 2. The number of nitrogens with two attached hydrogens (primary N) is 1. The number of ether oxygens (including phenoxy) is 1. The quantitative estimate of drug-likeness (QED) is 0.872. The number of likely N-dealkylation sites (N-methyl/N-ethyl adjacent to an activating group) is 1. The van der Waals surface area contributed by atoms with Gasteiger partial charge >= 0.3 is 0 Å². The minimum absolute atomic E-state index is 0.220. The topological polar surface area (TPSA) is 58.7 Å². The third kappa shape index (κ3) is 2.85. The van der Waals surface area contributed by atoms with Gasteiger partial charge in [0.1, 0.15) is 11.9 Å². The van der Waals surface area contributed by atoms with Crippen molar-refractivity contribution in [2.75, 3.05) is 24.5 Å². The molecule has 1 aliphatic rings. The highest BCUT2D eigenvalue weighted by atomic mass is 16.5. The third-order valence-electron chi connectivity index (χ3n) is 3.74. The van der Waals surface area contributed by atoms with Crippen LogP contribution in [0.15, 0.2) is 18.2 Å². The van der Waals surface area contributed by atoms with Crippen molar-refractivity contribution >= 4 is 5.69 Å². The molecule has 0 saturated carbocycles. The molecule has 3 N–H and O–H groups in total. The van der Waals surface area contributed by atoms with E-state index in [0.29, 0.717) is 5.92 Å². The highest BCUT2D eigenvalue weighted by molar-refractivity contribution is 5.62. The van der Waals surface area contributed by atoms with Crippen molar-refractivity contribution in [2.24, 2.45) is 11.7 Å². The second-order valence-corrected chi connectivity index (χ2v) is 5.42. The Morgan fingerprint density at radius 1 is 1.47 bits per heavy atom. The van der Waals surface area contributed by atoms with E-state index in [9.17, 15) is 5.11 Å². The van der Waals surface area contributed by atoms with Crippen LogP contribution in [-0.2, 0) is 0 Å². The molecule has 2 rings (SSSR count). The van der Waals surface area contributed by atoms with Crippen LogP contribution in [0.25, 0.3) is 0 Å². The third-order valence-corrected chi connectivity index (χ3v) is 3.74. The van der Waals surface area contributed by atoms with E-state index in [-0.39, 0.29) is 12.6 Å². The number of rotatable bonds is 4. The molecule has 106 valence electrons. The Morgan fingerprint density at radius 3 is 2.79 bits per heavy atom. The molecule has 0 aliphatic carbocycles. The first kappa shape index (κ1) is 14.2. The highest BCUT2D eigenvalue weighted by Crippen LogP contribution is 2.36. The summed E-state index contributed by atoms with van der Waals surface area (Å²) in [7, 11) is 0. The van der Waals surface area contributed by atoms with Crippen molar-refractivity contribution < 1.29 is 9.84 Å². The van der Waals surface area contributed by atoms with Crippen molar-refractivity contribution in [3.05, 3.63) is 23.8 Å². The second kappa shape index (κ2) is 5.80. The zero-order valence-corrected chi connectivity index (χ0v) is 12.0. The number of hydrogen-bond acceptors (Lipinski definition) is 4. The maximum atomic E-state index is 9.85. The van der Waals surface area contributed by atoms with Crippen LogP contribution >= 0.6 is 0 Å². The van der Waals surface area contributed by atoms with Crippen molar-refractivity contribution in [3.8, 4) is 5.75 Å². The zero-order chi connectivity index (χ0) is 14.0. The van der Waals surface area contributed by atoms with Gasteiger partial charge in [-0.15, -0.1) is 0 Å². The maximum Gasteiger partial charge on any atom is 0.143 e. The van der Waals surface area contributed by atoms with Gasteiger partial charge in [-0.25, -0.2) is 0 Å². The summed E-state index contributed by atoms with van der Waals surface area (Å²) in [6, 6.07) is 5.83. The van der Waals surface area contributed by atoms with Gasteiger partial charge in [0, 0.05) is 13.1 Å². The number of benzene rings is 1. The molecule has 0 saturated heterocycles. The van der Waals surface area contributed by atoms with Crippen LogP contribution in [0.5, 0.6) is 5.75 Å². The molecule has 4 heteroatoms. The number of nitrogens with zero attached hydrogens (tertiary/aromatic N) is 1. The van der Waals surface area contributed by atoms with E-state index in [4.69, 9.17) is 10.5 Å². The largest absolute Gasteiger partial charge is 0.486 e. The molecule has 0 aromatic heterocycles. The first-order chi connectivity index (χ1) is 9.06. The number of aliphatic hydroxyl groups excluding tert-OH is 1. The molecule has 2 unspecified atom stereocenters. The molecular weight excluding hydrogens is 240 g/mol. The van der Waals surface area contributed by atoms with Gasteiger partial charge in [0.25, 0.3) is 0 Å². The van der Waals surface area contributed by atoms with E-state index in [1.165, 1.54) is 0 Å². The molecule has 0 bridgehead atoms. The molecule has 1 aliphatic heterocycles. The fraction of sp³-hybridized carbons (Fsp3) is 0.600. The van der Waals surface area contributed by atoms with Gasteiger partial charge in [-0.05, 0) is 30.5 Å². The number of aliphatic hydroxyl groups is 1. The van der Waals surface area contributed by atoms with Gasteiger partial charge in [-0.2, -0.15) is 0 Å². The highest BCUT2D eigenvalue weighted by Gasteiger charge is 2.27. The lowest BCUT2D eigenvalue weighted by Crippen LogP contribution is -2.42. The van der Waals surface area contributed by atoms with Crippen molar-refractivity contribution in [2.45, 2.75) is 33.0 Å². The monoisotopic (exact) mass is 264 g/mol. The van der Waals surface area contributed by atoms with E-state index in [1.807, 2.05) is 18.2 Å². The van der Waals surface area contributed by atoms with Crippen LogP contribution in [0.2, 0.25) is 0 Å². The first-order valence-electron chi connectivity index (χ1n) is 7.00. The molecule has 1 aromatic rings. The Bertz CT molecular complexity index is 434. The minimum atomic E-state index is -0.605. The molecule has 0 radical (unpaired) electrons. The van der Waals surface area contributed by atoms with Crippen molar-refractivity contribution in [1.82, 2.24) is 0 Å². The normalized spacial score (nSPS) is 20.1. The molecule has 2 atom stereocenters. The molecule has 0 amide bonds. The van der Waals surface area contributed by atoms with Gasteiger partial charge in [0.15, 0.2) is 0 Å². The first-order valence-corrected chi connectivity index (χ1v) is 7.00. The van der Waals surface area contributed by atoms with Crippen LogP contribution < -0.4 is 15.4 Å². The van der Waals surface area contributed by atoms with Gasteiger partial charge in [-0.3, -0.25) is 0 Å². The van der Waals surface area contributed by atoms with Crippen molar-refractivity contribution in [1.29, 1.82) is 0 Å². The Kier molecular flexibility index (Phi) is 4.32. The molecule has 19 heavy (non-hydrogen) atoms. The van der Waals surface area contributed by atoms with Crippen LogP contribution in [-0.4, -0.2) is 30.8 Å². The van der Waals surface area contributed by atoms with Crippen LogP contribution in [0.3, 0.4) is 0 Å². The summed E-state index contributed by atoms with van der Waals surface area (Å²) >= 11 is 0. The predicted molar refractivity (Wildman–Crippen MR) is 77.6 cm³/mol. The van der Waals surface area contributed by atoms with Gasteiger partial charge in [0.2, 0.25) is 0 Å². The summed E-state index contributed by atoms with van der Waals surface area (Å²) in [4.78, 5) is 2.30. The Balaban J connectivity index is 2.33. The summed E-state index contributed by atoms with van der Waals surface area (Å²) in [5.41, 5.74) is 7.43. The Morgan fingerprint density at radius 2 is 2.21 bits per heavy atom. The van der Waals surface area contributed by atoms with E-state index in [1.54, 1.807) is 0 Å². The number of fused-ring (bicyclic) bond motifs is 1. The summed E-state index contributed by atoms with van der Waals surface area (Å²) in [5, 5.41) is 9.85. The van der Waals surface area contributed by atoms with Gasteiger partial charge in [0.05, 0.1) is 18.3 Å². The summed E-state index contributed by atoms with van der Waals surface area (Å²) in [5.74, 6) is 1.39. The van der Waals surface area contributed by atoms with E-state index in [0.717, 1.165) is 30.1 Å². The molecule has 0 spiro atoms. The number of anilines is 1. The molecule has 4 nitrogen and oxygen atoms in total. The fourth-order valence-electron chi connectivity index (χ4n) is 2.39. The Labute approximate surface area is 115 Å². The zero-order valence-electron chi connectivity index (χ0n) is 12.0. The molecule has 1 aromatic carbocycles. The van der Waals surface area contributed by atoms with Gasteiger partial charge < -0.3 is 20.5 Å². The van der Waals surface area contributed by atoms with E-state index < -0.39 is 6.10 Å². The average molecular weight is 264 g/mol. The van der Waals surface area contributed by atoms with Crippen LogP contribution in [0.4, 0.5) is 5.69 Å². The summed E-state index contributed by atoms with van der Waals surface area (Å²) in [6.45, 7) is 8.55. The van der Waals surface area contributed by atoms with E-state index in [2.05, 4.69) is 25.7 Å². The summed E-state index contributed by atoms with van der Waals surface area (Å²) < 4.78 is 6.04.